The van der Waals surface area contributed by atoms with Gasteiger partial charge in [0.25, 0.3) is 0 Å². The summed E-state index contributed by atoms with van der Waals surface area (Å²) in [5, 5.41) is 13.7. The monoisotopic (exact) mass is 277 g/mol. The fourth-order valence-electron chi connectivity index (χ4n) is 1.82. The minimum absolute atomic E-state index is 0.118. The molecule has 5 nitrogen and oxygen atoms in total. The van der Waals surface area contributed by atoms with Crippen LogP contribution in [-0.4, -0.2) is 30.4 Å². The van der Waals surface area contributed by atoms with Gasteiger partial charge in [-0.05, 0) is 12.1 Å². The minimum atomic E-state index is -0.636. The molecule has 1 aromatic carbocycles. The Kier molecular flexibility index (Phi) is 4.76. The number of ether oxygens (including phenoxy) is 1. The number of rotatable bonds is 6. The molecule has 0 aliphatic heterocycles. The van der Waals surface area contributed by atoms with Crippen LogP contribution in [0.1, 0.15) is 13.8 Å². The van der Waals surface area contributed by atoms with Gasteiger partial charge in [0.2, 0.25) is 0 Å². The van der Waals surface area contributed by atoms with Crippen LogP contribution >= 0.6 is 0 Å². The Morgan fingerprint density at radius 3 is 2.85 bits per heavy atom. The molecule has 2 N–H and O–H groups in total. The number of benzene rings is 1. The average molecular weight is 277 g/mol. The summed E-state index contributed by atoms with van der Waals surface area (Å²) in [5.41, 5.74) is 0.0123. The smallest absolute Gasteiger partial charge is 0.339 e. The van der Waals surface area contributed by atoms with Crippen molar-refractivity contribution in [1.82, 2.24) is 5.32 Å². The van der Waals surface area contributed by atoms with Crippen LogP contribution in [0.25, 0.3) is 11.0 Å². The number of hydrogen-bond donors (Lipinski definition) is 2. The second kappa shape index (κ2) is 6.54. The van der Waals surface area contributed by atoms with Gasteiger partial charge in [0, 0.05) is 12.6 Å². The maximum absolute atomic E-state index is 11.4. The molecule has 0 spiro atoms. The molecule has 0 saturated heterocycles. The molecule has 0 bridgehead atoms. The second-order valence-electron chi connectivity index (χ2n) is 4.95. The van der Waals surface area contributed by atoms with E-state index in [0.717, 1.165) is 5.39 Å². The van der Waals surface area contributed by atoms with Crippen molar-refractivity contribution in [2.45, 2.75) is 26.0 Å². The van der Waals surface area contributed by atoms with Crippen molar-refractivity contribution in [2.75, 3.05) is 13.2 Å². The lowest BCUT2D eigenvalue weighted by molar-refractivity contribution is 0.105. The average Bonchev–Trinajstić information content (AvgIpc) is 2.42. The highest BCUT2D eigenvalue weighted by Crippen LogP contribution is 2.23. The molecule has 1 heterocycles. The van der Waals surface area contributed by atoms with Crippen molar-refractivity contribution in [3.8, 4) is 5.75 Å². The zero-order valence-corrected chi connectivity index (χ0v) is 11.6. The van der Waals surface area contributed by atoms with Crippen LogP contribution in [0.3, 0.4) is 0 Å². The van der Waals surface area contributed by atoms with Crippen molar-refractivity contribution in [3.05, 3.63) is 40.8 Å². The number of aliphatic hydroxyl groups is 1. The van der Waals surface area contributed by atoms with E-state index >= 15 is 0 Å². The SMILES string of the molecule is CC(C)NCC(O)COc1cc(=O)oc2ccccc12. The first-order valence-corrected chi connectivity index (χ1v) is 6.63. The third kappa shape index (κ3) is 3.82. The Bertz CT molecular complexity index is 621. The van der Waals surface area contributed by atoms with Crippen molar-refractivity contribution in [1.29, 1.82) is 0 Å². The van der Waals surface area contributed by atoms with Gasteiger partial charge in [-0.2, -0.15) is 0 Å². The summed E-state index contributed by atoms with van der Waals surface area (Å²) in [6, 6.07) is 8.74. The van der Waals surface area contributed by atoms with Gasteiger partial charge in [0.1, 0.15) is 24.0 Å². The fraction of sp³-hybridized carbons (Fsp3) is 0.400. The standard InChI is InChI=1S/C15H19NO4/c1-10(2)16-8-11(17)9-19-14-7-15(18)20-13-6-4-3-5-12(13)14/h3-7,10-11,16-17H,8-9H2,1-2H3. The molecule has 2 aromatic rings. The summed E-state index contributed by atoms with van der Waals surface area (Å²) < 4.78 is 10.6. The quantitative estimate of drug-likeness (QED) is 0.783. The molecule has 5 heteroatoms. The summed E-state index contributed by atoms with van der Waals surface area (Å²) in [6.45, 7) is 4.57. The van der Waals surface area contributed by atoms with E-state index in [4.69, 9.17) is 9.15 Å². The summed E-state index contributed by atoms with van der Waals surface area (Å²) >= 11 is 0. The molecule has 1 unspecified atom stereocenters. The van der Waals surface area contributed by atoms with E-state index in [1.807, 2.05) is 26.0 Å². The lowest BCUT2D eigenvalue weighted by Crippen LogP contribution is -2.35. The molecular formula is C15H19NO4. The largest absolute Gasteiger partial charge is 0.490 e. The third-order valence-electron chi connectivity index (χ3n) is 2.80. The minimum Gasteiger partial charge on any atom is -0.490 e. The van der Waals surface area contributed by atoms with E-state index in [-0.39, 0.29) is 6.61 Å². The normalized spacial score (nSPS) is 12.8. The molecule has 108 valence electrons. The molecular weight excluding hydrogens is 258 g/mol. The molecule has 0 saturated carbocycles. The predicted molar refractivity (Wildman–Crippen MR) is 77.1 cm³/mol. The molecule has 0 aliphatic carbocycles. The molecule has 0 fully saturated rings. The number of hydrogen-bond acceptors (Lipinski definition) is 5. The Morgan fingerprint density at radius 1 is 1.35 bits per heavy atom. The summed E-state index contributed by atoms with van der Waals surface area (Å²) in [7, 11) is 0. The van der Waals surface area contributed by atoms with Crippen molar-refractivity contribution in [2.24, 2.45) is 0 Å². The Morgan fingerprint density at radius 2 is 2.10 bits per heavy atom. The second-order valence-corrected chi connectivity index (χ2v) is 4.95. The maximum Gasteiger partial charge on any atom is 0.339 e. The third-order valence-corrected chi connectivity index (χ3v) is 2.80. The first kappa shape index (κ1) is 14.6. The van der Waals surface area contributed by atoms with E-state index in [9.17, 15) is 9.90 Å². The van der Waals surface area contributed by atoms with Crippen LogP contribution in [0.5, 0.6) is 5.75 Å². The Hall–Kier alpha value is -1.85. The van der Waals surface area contributed by atoms with Gasteiger partial charge >= 0.3 is 5.63 Å². The van der Waals surface area contributed by atoms with E-state index in [1.165, 1.54) is 6.07 Å². The topological polar surface area (TPSA) is 71.7 Å². The maximum atomic E-state index is 11.4. The number of nitrogens with one attached hydrogen (secondary N) is 1. The van der Waals surface area contributed by atoms with E-state index in [0.29, 0.717) is 23.9 Å². The van der Waals surface area contributed by atoms with Gasteiger partial charge in [-0.15, -0.1) is 0 Å². The predicted octanol–water partition coefficient (Wildman–Crippen LogP) is 1.53. The molecule has 0 amide bonds. The van der Waals surface area contributed by atoms with Gasteiger partial charge in [0.15, 0.2) is 0 Å². The molecule has 20 heavy (non-hydrogen) atoms. The van der Waals surface area contributed by atoms with Gasteiger partial charge < -0.3 is 19.6 Å². The lowest BCUT2D eigenvalue weighted by Gasteiger charge is -2.15. The van der Waals surface area contributed by atoms with Gasteiger partial charge in [-0.1, -0.05) is 26.0 Å². The van der Waals surface area contributed by atoms with Crippen LogP contribution < -0.4 is 15.7 Å². The molecule has 1 aromatic heterocycles. The van der Waals surface area contributed by atoms with Crippen molar-refractivity contribution >= 4 is 11.0 Å². The van der Waals surface area contributed by atoms with Crippen LogP contribution in [0.4, 0.5) is 0 Å². The summed E-state index contributed by atoms with van der Waals surface area (Å²) in [6.07, 6.45) is -0.636. The lowest BCUT2D eigenvalue weighted by atomic mass is 10.2. The molecule has 0 aliphatic rings. The van der Waals surface area contributed by atoms with Crippen LogP contribution in [-0.2, 0) is 0 Å². The van der Waals surface area contributed by atoms with Crippen LogP contribution in [0, 0.1) is 0 Å². The zero-order chi connectivity index (χ0) is 14.5. The van der Waals surface area contributed by atoms with E-state index < -0.39 is 11.7 Å². The van der Waals surface area contributed by atoms with Gasteiger partial charge in [0.05, 0.1) is 11.5 Å². The molecule has 0 radical (unpaired) electrons. The fourth-order valence-corrected chi connectivity index (χ4v) is 1.82. The summed E-state index contributed by atoms with van der Waals surface area (Å²) in [4.78, 5) is 11.4. The van der Waals surface area contributed by atoms with Gasteiger partial charge in [-0.3, -0.25) is 0 Å². The van der Waals surface area contributed by atoms with Crippen molar-refractivity contribution < 1.29 is 14.3 Å². The first-order chi connectivity index (χ1) is 9.56. The Labute approximate surface area is 117 Å². The zero-order valence-electron chi connectivity index (χ0n) is 11.6. The number of para-hydroxylation sites is 1. The van der Waals surface area contributed by atoms with Crippen molar-refractivity contribution in [3.63, 3.8) is 0 Å². The highest BCUT2D eigenvalue weighted by molar-refractivity contribution is 5.82. The summed E-state index contributed by atoms with van der Waals surface area (Å²) in [5.74, 6) is 0.431. The highest BCUT2D eigenvalue weighted by Gasteiger charge is 2.10. The molecule has 1 atom stereocenters. The van der Waals surface area contributed by atoms with E-state index in [1.54, 1.807) is 12.1 Å². The van der Waals surface area contributed by atoms with Crippen LogP contribution in [0.15, 0.2) is 39.5 Å². The molecule has 2 rings (SSSR count). The van der Waals surface area contributed by atoms with E-state index in [2.05, 4.69) is 5.32 Å². The number of fused-ring (bicyclic) bond motifs is 1. The number of aliphatic hydroxyl groups excluding tert-OH is 1. The highest BCUT2D eigenvalue weighted by atomic mass is 16.5. The van der Waals surface area contributed by atoms with Gasteiger partial charge in [-0.25, -0.2) is 4.79 Å². The first-order valence-electron chi connectivity index (χ1n) is 6.63. The Balaban J connectivity index is 2.08. The van der Waals surface area contributed by atoms with Crippen LogP contribution in [0.2, 0.25) is 0 Å².